The molecule has 0 saturated carbocycles. The van der Waals surface area contributed by atoms with Gasteiger partial charge in [0.25, 0.3) is 0 Å². The molecule has 5 heteroatoms. The maximum Gasteiger partial charge on any atom is 0.321 e. The zero-order valence-corrected chi connectivity index (χ0v) is 14.6. The number of nitrogens with one attached hydrogen (secondary N) is 2. The van der Waals surface area contributed by atoms with Gasteiger partial charge in [-0.15, -0.1) is 0 Å². The number of hydrogen-bond acceptors (Lipinski definition) is 3. The highest BCUT2D eigenvalue weighted by molar-refractivity contribution is 5.89. The molecule has 5 nitrogen and oxygen atoms in total. The van der Waals surface area contributed by atoms with Crippen molar-refractivity contribution in [2.75, 3.05) is 18.4 Å². The summed E-state index contributed by atoms with van der Waals surface area (Å²) in [5, 5.41) is 6.64. The van der Waals surface area contributed by atoms with E-state index in [4.69, 9.17) is 0 Å². The van der Waals surface area contributed by atoms with E-state index in [0.29, 0.717) is 6.54 Å². The standard InChI is InChI=1S/C17H28N4O/c1-12-9-14(10-13(2)18-12)19-15(22)21-8-7-16(3,4)20-17(5,6)11-21/h9-10,20H,7-8,11H2,1-6H3,(H,18,19,22). The van der Waals surface area contributed by atoms with Gasteiger partial charge < -0.3 is 15.5 Å². The Morgan fingerprint density at radius 3 is 2.36 bits per heavy atom. The van der Waals surface area contributed by atoms with Crippen molar-refractivity contribution in [1.82, 2.24) is 15.2 Å². The minimum atomic E-state index is -0.110. The molecule has 2 rings (SSSR count). The molecular weight excluding hydrogens is 276 g/mol. The summed E-state index contributed by atoms with van der Waals surface area (Å²) in [4.78, 5) is 18.8. The summed E-state index contributed by atoms with van der Waals surface area (Å²) in [6.07, 6.45) is 0.929. The van der Waals surface area contributed by atoms with Crippen molar-refractivity contribution < 1.29 is 4.79 Å². The smallest absolute Gasteiger partial charge is 0.321 e. The monoisotopic (exact) mass is 304 g/mol. The van der Waals surface area contributed by atoms with Crippen LogP contribution in [0.2, 0.25) is 0 Å². The van der Waals surface area contributed by atoms with Crippen LogP contribution < -0.4 is 10.6 Å². The van der Waals surface area contributed by atoms with Crippen molar-refractivity contribution >= 4 is 11.7 Å². The van der Waals surface area contributed by atoms with E-state index in [9.17, 15) is 4.79 Å². The summed E-state index contributed by atoms with van der Waals surface area (Å²) >= 11 is 0. The van der Waals surface area contributed by atoms with Crippen LogP contribution in [0.25, 0.3) is 0 Å². The van der Waals surface area contributed by atoms with Gasteiger partial charge in [0.1, 0.15) is 0 Å². The highest BCUT2D eigenvalue weighted by Gasteiger charge is 2.34. The van der Waals surface area contributed by atoms with Gasteiger partial charge in [-0.1, -0.05) is 0 Å². The van der Waals surface area contributed by atoms with Gasteiger partial charge in [-0.3, -0.25) is 4.98 Å². The van der Waals surface area contributed by atoms with Crippen LogP contribution in [0.3, 0.4) is 0 Å². The molecule has 0 radical (unpaired) electrons. The molecule has 2 N–H and O–H groups in total. The Morgan fingerprint density at radius 2 is 1.77 bits per heavy atom. The topological polar surface area (TPSA) is 57.3 Å². The molecule has 0 bridgehead atoms. The summed E-state index contributed by atoms with van der Waals surface area (Å²) < 4.78 is 0. The average molecular weight is 304 g/mol. The minimum absolute atomic E-state index is 0.0301. The van der Waals surface area contributed by atoms with E-state index in [1.165, 1.54) is 0 Å². The van der Waals surface area contributed by atoms with Crippen LogP contribution in [0.4, 0.5) is 10.5 Å². The van der Waals surface area contributed by atoms with Crippen molar-refractivity contribution in [2.45, 2.75) is 59.0 Å². The van der Waals surface area contributed by atoms with Gasteiger partial charge in [0.05, 0.1) is 0 Å². The van der Waals surface area contributed by atoms with Crippen molar-refractivity contribution in [2.24, 2.45) is 0 Å². The lowest BCUT2D eigenvalue weighted by Gasteiger charge is -2.34. The number of urea groups is 1. The number of carbonyl (C=O) groups is 1. The molecule has 1 fully saturated rings. The van der Waals surface area contributed by atoms with Crippen LogP contribution in [-0.2, 0) is 0 Å². The lowest BCUT2D eigenvalue weighted by atomic mass is 9.96. The van der Waals surface area contributed by atoms with E-state index in [1.807, 2.05) is 30.9 Å². The number of rotatable bonds is 1. The Morgan fingerprint density at radius 1 is 1.18 bits per heavy atom. The molecule has 0 spiro atoms. The Bertz CT molecular complexity index is 546. The third-order valence-corrected chi connectivity index (χ3v) is 3.89. The number of anilines is 1. The van der Waals surface area contributed by atoms with Gasteiger partial charge in [-0.2, -0.15) is 0 Å². The Hall–Kier alpha value is -1.62. The highest BCUT2D eigenvalue weighted by Crippen LogP contribution is 2.22. The summed E-state index contributed by atoms with van der Waals surface area (Å²) in [7, 11) is 0. The average Bonchev–Trinajstić information content (AvgIpc) is 2.42. The fourth-order valence-corrected chi connectivity index (χ4v) is 3.27. The maximum atomic E-state index is 12.6. The van der Waals surface area contributed by atoms with E-state index in [0.717, 1.165) is 30.0 Å². The summed E-state index contributed by atoms with van der Waals surface area (Å²) in [6, 6.07) is 3.75. The quantitative estimate of drug-likeness (QED) is 0.838. The zero-order valence-electron chi connectivity index (χ0n) is 14.6. The molecule has 1 aromatic rings. The molecule has 0 unspecified atom stereocenters. The molecular formula is C17H28N4O. The van der Waals surface area contributed by atoms with Crippen LogP contribution >= 0.6 is 0 Å². The number of amides is 2. The second-order valence-electron chi connectivity index (χ2n) is 7.63. The molecule has 0 atom stereocenters. The minimum Gasteiger partial charge on any atom is -0.323 e. The van der Waals surface area contributed by atoms with Gasteiger partial charge in [-0.05, 0) is 60.1 Å². The Kier molecular flexibility index (Phi) is 4.47. The predicted molar refractivity (Wildman–Crippen MR) is 90.2 cm³/mol. The lowest BCUT2D eigenvalue weighted by molar-refractivity contribution is 0.200. The summed E-state index contributed by atoms with van der Waals surface area (Å²) in [6.45, 7) is 14.0. The first-order valence-corrected chi connectivity index (χ1v) is 7.87. The number of nitrogens with zero attached hydrogens (tertiary/aromatic N) is 2. The predicted octanol–water partition coefficient (Wildman–Crippen LogP) is 3.08. The van der Waals surface area contributed by atoms with Crippen LogP contribution in [0.5, 0.6) is 0 Å². The number of pyridine rings is 1. The third kappa shape index (κ3) is 4.44. The third-order valence-electron chi connectivity index (χ3n) is 3.89. The lowest BCUT2D eigenvalue weighted by Crippen LogP contribution is -2.54. The second kappa shape index (κ2) is 5.88. The van der Waals surface area contributed by atoms with Crippen molar-refractivity contribution in [3.63, 3.8) is 0 Å². The number of carbonyl (C=O) groups excluding carboxylic acids is 1. The highest BCUT2D eigenvalue weighted by atomic mass is 16.2. The fourth-order valence-electron chi connectivity index (χ4n) is 3.27. The number of aryl methyl sites for hydroxylation is 2. The fraction of sp³-hybridized carbons (Fsp3) is 0.647. The van der Waals surface area contributed by atoms with Crippen LogP contribution in [0.15, 0.2) is 12.1 Å². The van der Waals surface area contributed by atoms with E-state index in [1.54, 1.807) is 0 Å². The SMILES string of the molecule is Cc1cc(NC(=O)N2CCC(C)(C)NC(C)(C)C2)cc(C)n1. The first kappa shape index (κ1) is 16.7. The van der Waals surface area contributed by atoms with Crippen LogP contribution in [0.1, 0.15) is 45.5 Å². The summed E-state index contributed by atoms with van der Waals surface area (Å²) in [5.41, 5.74) is 2.55. The van der Waals surface area contributed by atoms with Gasteiger partial charge in [0.2, 0.25) is 0 Å². The van der Waals surface area contributed by atoms with Crippen molar-refractivity contribution in [1.29, 1.82) is 0 Å². The largest absolute Gasteiger partial charge is 0.323 e. The molecule has 1 aromatic heterocycles. The first-order chi connectivity index (χ1) is 10.1. The van der Waals surface area contributed by atoms with Crippen molar-refractivity contribution in [3.05, 3.63) is 23.5 Å². The summed E-state index contributed by atoms with van der Waals surface area (Å²) in [5.74, 6) is 0. The van der Waals surface area contributed by atoms with Gasteiger partial charge in [0.15, 0.2) is 0 Å². The molecule has 2 heterocycles. The van der Waals surface area contributed by atoms with Crippen LogP contribution in [0, 0.1) is 13.8 Å². The molecule has 22 heavy (non-hydrogen) atoms. The van der Waals surface area contributed by atoms with Gasteiger partial charge in [-0.25, -0.2) is 4.79 Å². The van der Waals surface area contributed by atoms with Crippen molar-refractivity contribution in [3.8, 4) is 0 Å². The van der Waals surface area contributed by atoms with Gasteiger partial charge in [0, 0.05) is 41.2 Å². The molecule has 0 aromatic carbocycles. The molecule has 1 saturated heterocycles. The molecule has 0 aliphatic carbocycles. The van der Waals surface area contributed by atoms with E-state index >= 15 is 0 Å². The number of hydrogen-bond donors (Lipinski definition) is 2. The molecule has 122 valence electrons. The van der Waals surface area contributed by atoms with Crippen LogP contribution in [-0.4, -0.2) is 40.1 Å². The molecule has 2 amide bonds. The molecule has 1 aliphatic rings. The Balaban J connectivity index is 2.11. The van der Waals surface area contributed by atoms with E-state index < -0.39 is 0 Å². The van der Waals surface area contributed by atoms with Gasteiger partial charge >= 0.3 is 6.03 Å². The first-order valence-electron chi connectivity index (χ1n) is 7.87. The van der Waals surface area contributed by atoms with E-state index in [2.05, 4.69) is 43.3 Å². The number of aromatic nitrogens is 1. The normalized spacial score (nSPS) is 20.4. The molecule has 1 aliphatic heterocycles. The van der Waals surface area contributed by atoms with E-state index in [-0.39, 0.29) is 17.1 Å². The zero-order chi connectivity index (χ0) is 16.5. The maximum absolute atomic E-state index is 12.6. The second-order valence-corrected chi connectivity index (χ2v) is 7.63. The Labute approximate surface area is 133 Å².